The molecule has 0 saturated heterocycles. The quantitative estimate of drug-likeness (QED) is 0.715. The molecule has 0 bridgehead atoms. The largest absolute Gasteiger partial charge is 0.493 e. The lowest BCUT2D eigenvalue weighted by molar-refractivity contribution is 0.122. The van der Waals surface area contributed by atoms with Gasteiger partial charge in [0.15, 0.2) is 11.5 Å². The molecule has 25 heavy (non-hydrogen) atoms. The molecule has 0 heterocycles. The number of nitrogens with zero attached hydrogens (tertiary/aromatic N) is 1. The number of hydrogen-bond acceptors (Lipinski definition) is 4. The number of nitrogens with one attached hydrogen (secondary N) is 1. The van der Waals surface area contributed by atoms with E-state index in [1.807, 2.05) is 6.07 Å². The minimum absolute atomic E-state index is 0.289. The van der Waals surface area contributed by atoms with Crippen LogP contribution in [-0.4, -0.2) is 29.9 Å². The van der Waals surface area contributed by atoms with Crippen LogP contribution in [0.25, 0.3) is 0 Å². The predicted octanol–water partition coefficient (Wildman–Crippen LogP) is 3.42. The van der Waals surface area contributed by atoms with Crippen molar-refractivity contribution >= 4 is 6.09 Å². The molecule has 0 aromatic heterocycles. The fourth-order valence-corrected chi connectivity index (χ4v) is 2.18. The van der Waals surface area contributed by atoms with Gasteiger partial charge in [-0.3, -0.25) is 0 Å². The van der Waals surface area contributed by atoms with Crippen LogP contribution in [0.15, 0.2) is 42.5 Å². The topological polar surface area (TPSA) is 71.0 Å². The Morgan fingerprint density at radius 1 is 1.16 bits per heavy atom. The lowest BCUT2D eigenvalue weighted by atomic mass is 10.2. The van der Waals surface area contributed by atoms with Crippen molar-refractivity contribution in [1.29, 1.82) is 0 Å². The van der Waals surface area contributed by atoms with Crippen LogP contribution in [0.1, 0.15) is 18.1 Å². The van der Waals surface area contributed by atoms with Gasteiger partial charge in [0, 0.05) is 13.1 Å². The van der Waals surface area contributed by atoms with Gasteiger partial charge in [-0.05, 0) is 42.3 Å². The van der Waals surface area contributed by atoms with Gasteiger partial charge in [0.05, 0.1) is 7.11 Å². The molecule has 0 aliphatic carbocycles. The standard InChI is InChI=1S/C18H21FN2O4/c1-3-21(18(22)23)20-11-14-6-9-16(17(10-14)24-2)25-12-13-4-7-15(19)8-5-13/h4-10,20H,3,11-12H2,1-2H3,(H,22,23). The van der Waals surface area contributed by atoms with Crippen molar-refractivity contribution in [1.82, 2.24) is 10.4 Å². The average Bonchev–Trinajstić information content (AvgIpc) is 2.62. The molecule has 0 spiro atoms. The second-order valence-electron chi connectivity index (χ2n) is 5.26. The molecule has 1 amide bonds. The molecule has 0 radical (unpaired) electrons. The third kappa shape index (κ3) is 5.36. The molecule has 0 aliphatic heterocycles. The number of benzene rings is 2. The van der Waals surface area contributed by atoms with Gasteiger partial charge in [-0.1, -0.05) is 18.2 Å². The minimum atomic E-state index is -1.03. The van der Waals surface area contributed by atoms with Gasteiger partial charge in [-0.25, -0.2) is 19.6 Å². The van der Waals surface area contributed by atoms with Gasteiger partial charge in [0.1, 0.15) is 12.4 Å². The van der Waals surface area contributed by atoms with Gasteiger partial charge in [0.2, 0.25) is 0 Å². The van der Waals surface area contributed by atoms with E-state index in [1.165, 1.54) is 19.2 Å². The average molecular weight is 348 g/mol. The molecule has 134 valence electrons. The number of hydrogen-bond donors (Lipinski definition) is 2. The number of carboxylic acid groups (broad SMARTS) is 1. The molecular weight excluding hydrogens is 327 g/mol. The number of amides is 1. The Hall–Kier alpha value is -2.80. The van der Waals surface area contributed by atoms with Crippen LogP contribution in [0.4, 0.5) is 9.18 Å². The molecule has 0 atom stereocenters. The van der Waals surface area contributed by atoms with Crippen molar-refractivity contribution in [3.05, 3.63) is 59.4 Å². The molecule has 2 aromatic rings. The molecule has 0 saturated carbocycles. The summed E-state index contributed by atoms with van der Waals surface area (Å²) in [6, 6.07) is 11.4. The highest BCUT2D eigenvalue weighted by Crippen LogP contribution is 2.28. The maximum atomic E-state index is 12.9. The first kappa shape index (κ1) is 18.5. The highest BCUT2D eigenvalue weighted by Gasteiger charge is 2.10. The smallest absolute Gasteiger partial charge is 0.421 e. The second-order valence-corrected chi connectivity index (χ2v) is 5.26. The van der Waals surface area contributed by atoms with E-state index in [9.17, 15) is 9.18 Å². The Morgan fingerprint density at radius 2 is 1.84 bits per heavy atom. The molecule has 2 N–H and O–H groups in total. The van der Waals surface area contributed by atoms with Gasteiger partial charge in [0.25, 0.3) is 0 Å². The molecule has 2 rings (SSSR count). The van der Waals surface area contributed by atoms with Crippen LogP contribution in [0.3, 0.4) is 0 Å². The summed E-state index contributed by atoms with van der Waals surface area (Å²) in [7, 11) is 1.53. The van der Waals surface area contributed by atoms with Crippen molar-refractivity contribution in [2.24, 2.45) is 0 Å². The van der Waals surface area contributed by atoms with Crippen molar-refractivity contribution in [3.8, 4) is 11.5 Å². The summed E-state index contributed by atoms with van der Waals surface area (Å²) in [6.45, 7) is 2.71. The van der Waals surface area contributed by atoms with Gasteiger partial charge in [-0.15, -0.1) is 0 Å². The summed E-state index contributed by atoms with van der Waals surface area (Å²) in [4.78, 5) is 11.0. The third-order valence-corrected chi connectivity index (χ3v) is 3.56. The molecule has 2 aromatic carbocycles. The fourth-order valence-electron chi connectivity index (χ4n) is 2.18. The maximum absolute atomic E-state index is 12.9. The number of ether oxygens (including phenoxy) is 2. The van der Waals surface area contributed by atoms with Crippen LogP contribution in [0.5, 0.6) is 11.5 Å². The number of carbonyl (C=O) groups is 1. The van der Waals surface area contributed by atoms with E-state index in [-0.39, 0.29) is 12.4 Å². The summed E-state index contributed by atoms with van der Waals surface area (Å²) in [5.41, 5.74) is 4.52. The SMILES string of the molecule is CCN(NCc1ccc(OCc2ccc(F)cc2)c(OC)c1)C(=O)O. The maximum Gasteiger partial charge on any atom is 0.421 e. The summed E-state index contributed by atoms with van der Waals surface area (Å²) < 4.78 is 24.0. The molecule has 0 fully saturated rings. The Morgan fingerprint density at radius 3 is 2.44 bits per heavy atom. The normalized spacial score (nSPS) is 10.4. The van der Waals surface area contributed by atoms with Crippen molar-refractivity contribution in [3.63, 3.8) is 0 Å². The lowest BCUT2D eigenvalue weighted by Crippen LogP contribution is -2.41. The summed E-state index contributed by atoms with van der Waals surface area (Å²) in [5.74, 6) is 0.807. The molecule has 6 nitrogen and oxygen atoms in total. The lowest BCUT2D eigenvalue weighted by Gasteiger charge is -2.18. The van der Waals surface area contributed by atoms with E-state index in [1.54, 1.807) is 31.2 Å². The Bertz CT molecular complexity index is 707. The van der Waals surface area contributed by atoms with E-state index in [4.69, 9.17) is 14.6 Å². The van der Waals surface area contributed by atoms with Crippen molar-refractivity contribution in [2.45, 2.75) is 20.1 Å². The minimum Gasteiger partial charge on any atom is -0.493 e. The zero-order valence-electron chi connectivity index (χ0n) is 14.2. The number of hydrazine groups is 1. The zero-order chi connectivity index (χ0) is 18.2. The molecular formula is C18H21FN2O4. The first-order chi connectivity index (χ1) is 12.0. The Labute approximate surface area is 145 Å². The van der Waals surface area contributed by atoms with Gasteiger partial charge in [-0.2, -0.15) is 0 Å². The predicted molar refractivity (Wildman–Crippen MR) is 91.0 cm³/mol. The zero-order valence-corrected chi connectivity index (χ0v) is 14.2. The summed E-state index contributed by atoms with van der Waals surface area (Å²) in [5, 5.41) is 10.1. The molecule has 7 heteroatoms. The van der Waals surface area contributed by atoms with Crippen LogP contribution in [0, 0.1) is 5.82 Å². The first-order valence-electron chi connectivity index (χ1n) is 7.81. The van der Waals surface area contributed by atoms with Crippen molar-refractivity contribution in [2.75, 3.05) is 13.7 Å². The van der Waals surface area contributed by atoms with Crippen LogP contribution in [0.2, 0.25) is 0 Å². The number of rotatable bonds is 8. The van der Waals surface area contributed by atoms with Crippen LogP contribution < -0.4 is 14.9 Å². The first-order valence-corrected chi connectivity index (χ1v) is 7.81. The van der Waals surface area contributed by atoms with E-state index >= 15 is 0 Å². The van der Waals surface area contributed by atoms with E-state index in [2.05, 4.69) is 5.43 Å². The third-order valence-electron chi connectivity index (χ3n) is 3.56. The molecule has 0 aliphatic rings. The Balaban J connectivity index is 2.00. The Kier molecular flexibility index (Phi) is 6.59. The van der Waals surface area contributed by atoms with Crippen LogP contribution >= 0.6 is 0 Å². The highest BCUT2D eigenvalue weighted by atomic mass is 19.1. The monoisotopic (exact) mass is 348 g/mol. The van der Waals surface area contributed by atoms with E-state index < -0.39 is 6.09 Å². The number of halogens is 1. The summed E-state index contributed by atoms with van der Waals surface area (Å²) in [6.07, 6.45) is -1.03. The van der Waals surface area contributed by atoms with Crippen LogP contribution in [-0.2, 0) is 13.2 Å². The van der Waals surface area contributed by atoms with E-state index in [0.29, 0.717) is 24.6 Å². The second kappa shape index (κ2) is 8.89. The van der Waals surface area contributed by atoms with Crippen molar-refractivity contribution < 1.29 is 23.8 Å². The number of methoxy groups -OCH3 is 1. The van der Waals surface area contributed by atoms with Gasteiger partial charge >= 0.3 is 6.09 Å². The summed E-state index contributed by atoms with van der Waals surface area (Å²) >= 11 is 0. The van der Waals surface area contributed by atoms with Gasteiger partial charge < -0.3 is 14.6 Å². The fraction of sp³-hybridized carbons (Fsp3) is 0.278. The van der Waals surface area contributed by atoms with E-state index in [0.717, 1.165) is 16.1 Å². The molecule has 0 unspecified atom stereocenters. The highest BCUT2D eigenvalue weighted by molar-refractivity contribution is 5.64.